The molecule has 0 spiro atoms. The van der Waals surface area contributed by atoms with Gasteiger partial charge in [0.2, 0.25) is 0 Å². The van der Waals surface area contributed by atoms with Crippen molar-refractivity contribution >= 4 is 11.5 Å². The number of nitrogens with zero attached hydrogens (tertiary/aromatic N) is 2. The quantitative estimate of drug-likeness (QED) is 0.873. The Morgan fingerprint density at radius 1 is 1.45 bits per heavy atom. The average Bonchev–Trinajstić information content (AvgIpc) is 3.04. The second kappa shape index (κ2) is 6.96. The minimum absolute atomic E-state index is 0.0554. The van der Waals surface area contributed by atoms with E-state index in [2.05, 4.69) is 42.6 Å². The van der Waals surface area contributed by atoms with Gasteiger partial charge in [0, 0.05) is 18.1 Å². The third-order valence-electron chi connectivity index (χ3n) is 3.79. The highest BCUT2D eigenvalue weighted by molar-refractivity contribution is 7.05. The molecule has 4 nitrogen and oxygen atoms in total. The first-order chi connectivity index (χ1) is 9.52. The van der Waals surface area contributed by atoms with Crippen LogP contribution in [-0.2, 0) is 10.2 Å². The molecule has 1 aliphatic heterocycles. The van der Waals surface area contributed by atoms with Crippen LogP contribution in [0.3, 0.4) is 0 Å². The lowest BCUT2D eigenvalue weighted by atomic mass is 9.89. The van der Waals surface area contributed by atoms with E-state index >= 15 is 0 Å². The minimum atomic E-state index is 0.0554. The van der Waals surface area contributed by atoms with Crippen molar-refractivity contribution in [1.29, 1.82) is 0 Å². The van der Waals surface area contributed by atoms with E-state index in [1.165, 1.54) is 17.7 Å². The van der Waals surface area contributed by atoms with Gasteiger partial charge in [0.05, 0.1) is 16.7 Å². The lowest BCUT2D eigenvalue weighted by Crippen LogP contribution is -2.25. The fraction of sp³-hybridized carbons (Fsp3) is 0.867. The van der Waals surface area contributed by atoms with E-state index in [9.17, 15) is 0 Å². The van der Waals surface area contributed by atoms with E-state index in [4.69, 9.17) is 4.74 Å². The molecule has 0 saturated carbocycles. The predicted octanol–water partition coefficient (Wildman–Crippen LogP) is 3.45. The van der Waals surface area contributed by atoms with Gasteiger partial charge >= 0.3 is 0 Å². The molecule has 114 valence electrons. The van der Waals surface area contributed by atoms with E-state index < -0.39 is 0 Å². The van der Waals surface area contributed by atoms with Crippen molar-refractivity contribution in [1.82, 2.24) is 14.9 Å². The van der Waals surface area contributed by atoms with E-state index in [-0.39, 0.29) is 5.41 Å². The van der Waals surface area contributed by atoms with Crippen LogP contribution in [0.15, 0.2) is 0 Å². The Bertz CT molecular complexity index is 407. The molecule has 1 aliphatic rings. The van der Waals surface area contributed by atoms with Gasteiger partial charge in [-0.15, -0.1) is 5.10 Å². The summed E-state index contributed by atoms with van der Waals surface area (Å²) < 4.78 is 9.93. The first kappa shape index (κ1) is 15.9. The van der Waals surface area contributed by atoms with Gasteiger partial charge in [-0.3, -0.25) is 0 Å². The molecule has 1 saturated heterocycles. The van der Waals surface area contributed by atoms with Crippen LogP contribution in [0.4, 0.5) is 0 Å². The Morgan fingerprint density at radius 3 is 2.85 bits per heavy atom. The van der Waals surface area contributed by atoms with E-state index in [1.807, 2.05) is 0 Å². The monoisotopic (exact) mass is 297 g/mol. The lowest BCUT2D eigenvalue weighted by Gasteiger charge is -2.23. The van der Waals surface area contributed by atoms with Crippen LogP contribution in [0.1, 0.15) is 70.0 Å². The van der Waals surface area contributed by atoms with Crippen LogP contribution in [0.5, 0.6) is 0 Å². The Kier molecular flexibility index (Phi) is 5.52. The molecule has 0 radical (unpaired) electrons. The summed E-state index contributed by atoms with van der Waals surface area (Å²) in [7, 11) is 0. The molecule has 20 heavy (non-hydrogen) atoms. The zero-order valence-electron chi connectivity index (χ0n) is 13.1. The number of nitrogens with one attached hydrogen (secondary N) is 1. The van der Waals surface area contributed by atoms with Crippen LogP contribution in [0, 0.1) is 0 Å². The summed E-state index contributed by atoms with van der Waals surface area (Å²) >= 11 is 1.54. The lowest BCUT2D eigenvalue weighted by molar-refractivity contribution is 0.0997. The molecule has 5 heteroatoms. The van der Waals surface area contributed by atoms with Gasteiger partial charge in [-0.05, 0) is 43.8 Å². The van der Waals surface area contributed by atoms with Crippen LogP contribution in [0.2, 0.25) is 0 Å². The van der Waals surface area contributed by atoms with Gasteiger partial charge < -0.3 is 10.1 Å². The second-order valence-electron chi connectivity index (χ2n) is 6.56. The van der Waals surface area contributed by atoms with Gasteiger partial charge in [0.15, 0.2) is 0 Å². The van der Waals surface area contributed by atoms with Crippen molar-refractivity contribution in [3.05, 3.63) is 10.6 Å². The standard InChI is InChI=1S/C15H27N3OS/c1-5-16-12(9-8-11-7-6-10-19-11)13-14(15(2,3)4)17-18-20-13/h11-12,16H,5-10H2,1-4H3. The normalized spacial score (nSPS) is 21.3. The zero-order chi connectivity index (χ0) is 14.6. The minimum Gasteiger partial charge on any atom is -0.378 e. The molecule has 1 N–H and O–H groups in total. The molecular weight excluding hydrogens is 270 g/mol. The highest BCUT2D eigenvalue weighted by atomic mass is 32.1. The smallest absolute Gasteiger partial charge is 0.0857 e. The molecule has 0 aliphatic carbocycles. The number of rotatable bonds is 6. The Labute approximate surface area is 126 Å². The maximum atomic E-state index is 5.74. The van der Waals surface area contributed by atoms with Crippen molar-refractivity contribution in [3.63, 3.8) is 0 Å². The SMILES string of the molecule is CCNC(CCC1CCCO1)c1snnc1C(C)(C)C. The molecule has 2 heterocycles. The topological polar surface area (TPSA) is 47.0 Å². The third kappa shape index (κ3) is 3.99. The van der Waals surface area contributed by atoms with Gasteiger partial charge in [-0.1, -0.05) is 32.2 Å². The Morgan fingerprint density at radius 2 is 2.25 bits per heavy atom. The van der Waals surface area contributed by atoms with Crippen LogP contribution in [-0.4, -0.2) is 28.8 Å². The highest BCUT2D eigenvalue weighted by Gasteiger charge is 2.27. The average molecular weight is 297 g/mol. The van der Waals surface area contributed by atoms with E-state index in [0.717, 1.165) is 31.7 Å². The Balaban J connectivity index is 2.05. The number of hydrogen-bond donors (Lipinski definition) is 1. The summed E-state index contributed by atoms with van der Waals surface area (Å²) in [6.07, 6.45) is 5.11. The van der Waals surface area contributed by atoms with Crippen LogP contribution >= 0.6 is 11.5 Å². The highest BCUT2D eigenvalue weighted by Crippen LogP contribution is 2.33. The zero-order valence-corrected chi connectivity index (χ0v) is 13.9. The van der Waals surface area contributed by atoms with Crippen molar-refractivity contribution < 1.29 is 4.74 Å². The summed E-state index contributed by atoms with van der Waals surface area (Å²) in [4.78, 5) is 1.30. The van der Waals surface area contributed by atoms with Crippen molar-refractivity contribution in [2.45, 2.75) is 70.9 Å². The van der Waals surface area contributed by atoms with Gasteiger partial charge in [-0.25, -0.2) is 0 Å². The van der Waals surface area contributed by atoms with Crippen molar-refractivity contribution in [2.24, 2.45) is 0 Å². The molecule has 1 fully saturated rings. The van der Waals surface area contributed by atoms with E-state index in [0.29, 0.717) is 12.1 Å². The maximum Gasteiger partial charge on any atom is 0.0857 e. The van der Waals surface area contributed by atoms with Gasteiger partial charge in [0.25, 0.3) is 0 Å². The van der Waals surface area contributed by atoms with Gasteiger partial charge in [0.1, 0.15) is 0 Å². The molecule has 2 rings (SSSR count). The summed E-state index contributed by atoms with van der Waals surface area (Å²) in [6, 6.07) is 0.360. The summed E-state index contributed by atoms with van der Waals surface area (Å²) in [5.41, 5.74) is 1.20. The summed E-state index contributed by atoms with van der Waals surface area (Å²) in [5, 5.41) is 7.96. The molecular formula is C15H27N3OS. The summed E-state index contributed by atoms with van der Waals surface area (Å²) in [5.74, 6) is 0. The molecule has 2 atom stereocenters. The maximum absolute atomic E-state index is 5.74. The second-order valence-corrected chi connectivity index (χ2v) is 7.34. The van der Waals surface area contributed by atoms with Crippen LogP contribution < -0.4 is 5.32 Å². The molecule has 0 amide bonds. The fourth-order valence-corrected chi connectivity index (χ4v) is 3.72. The molecule has 1 aromatic heterocycles. The number of ether oxygens (including phenoxy) is 1. The molecule has 1 aromatic rings. The summed E-state index contributed by atoms with van der Waals surface area (Å²) in [6.45, 7) is 10.7. The first-order valence-electron chi connectivity index (χ1n) is 7.70. The molecule has 0 aromatic carbocycles. The number of hydrogen-bond acceptors (Lipinski definition) is 5. The van der Waals surface area contributed by atoms with Crippen LogP contribution in [0.25, 0.3) is 0 Å². The molecule has 0 bridgehead atoms. The van der Waals surface area contributed by atoms with Crippen molar-refractivity contribution in [3.8, 4) is 0 Å². The van der Waals surface area contributed by atoms with E-state index in [1.54, 1.807) is 11.5 Å². The fourth-order valence-electron chi connectivity index (χ4n) is 2.74. The number of aromatic nitrogens is 2. The largest absolute Gasteiger partial charge is 0.378 e. The third-order valence-corrected chi connectivity index (χ3v) is 4.63. The van der Waals surface area contributed by atoms with Gasteiger partial charge in [-0.2, -0.15) is 0 Å². The first-order valence-corrected chi connectivity index (χ1v) is 8.47. The predicted molar refractivity (Wildman–Crippen MR) is 83.2 cm³/mol. The van der Waals surface area contributed by atoms with Crippen molar-refractivity contribution in [2.75, 3.05) is 13.2 Å². The molecule has 2 unspecified atom stereocenters. The Hall–Kier alpha value is -0.520.